The van der Waals surface area contributed by atoms with Crippen molar-refractivity contribution in [3.05, 3.63) is 27.9 Å². The highest BCUT2D eigenvalue weighted by Crippen LogP contribution is 2.23. The van der Waals surface area contributed by atoms with Crippen LogP contribution >= 0.6 is 0 Å². The second-order valence-electron chi connectivity index (χ2n) is 5.76. The van der Waals surface area contributed by atoms with Crippen LogP contribution in [0.2, 0.25) is 0 Å². The number of hydrogen-bond donors (Lipinski definition) is 0. The number of nitrogens with zero attached hydrogens (tertiary/aromatic N) is 5. The highest BCUT2D eigenvalue weighted by Gasteiger charge is 2.27. The van der Waals surface area contributed by atoms with Gasteiger partial charge in [-0.2, -0.15) is 5.26 Å². The molecule has 0 aliphatic carbocycles. The Morgan fingerprint density at radius 3 is 2.50 bits per heavy atom. The maximum absolute atomic E-state index is 12.4. The van der Waals surface area contributed by atoms with Gasteiger partial charge in [-0.15, -0.1) is 0 Å². The third kappa shape index (κ3) is 3.62. The summed E-state index contributed by atoms with van der Waals surface area (Å²) in [7, 11) is 0. The molecule has 0 unspecified atom stereocenters. The summed E-state index contributed by atoms with van der Waals surface area (Å²) in [5, 5.41) is 20.0. The molecule has 1 fully saturated rings. The molecule has 0 bridgehead atoms. The van der Waals surface area contributed by atoms with Crippen LogP contribution in [0.5, 0.6) is 0 Å². The van der Waals surface area contributed by atoms with E-state index in [9.17, 15) is 20.2 Å². The molecule has 2 rings (SSSR count). The molecule has 1 aromatic rings. The Labute approximate surface area is 140 Å². The summed E-state index contributed by atoms with van der Waals surface area (Å²) in [6.07, 6.45) is 2.83. The van der Waals surface area contributed by atoms with Crippen molar-refractivity contribution in [3.63, 3.8) is 0 Å². The zero-order valence-electron chi connectivity index (χ0n) is 13.9. The zero-order valence-corrected chi connectivity index (χ0v) is 13.9. The van der Waals surface area contributed by atoms with Gasteiger partial charge >= 0.3 is 0 Å². The topological polar surface area (TPSA) is 103 Å². The van der Waals surface area contributed by atoms with Gasteiger partial charge in [0.05, 0.1) is 4.92 Å². The molecule has 2 heterocycles. The third-order valence-electron chi connectivity index (χ3n) is 4.41. The number of piperazine rings is 1. The molecule has 1 saturated heterocycles. The predicted octanol–water partition coefficient (Wildman–Crippen LogP) is 1.95. The van der Waals surface area contributed by atoms with Crippen LogP contribution < -0.4 is 4.90 Å². The van der Waals surface area contributed by atoms with Crippen molar-refractivity contribution in [2.75, 3.05) is 31.1 Å². The van der Waals surface area contributed by atoms with Gasteiger partial charge in [0.2, 0.25) is 5.91 Å². The van der Waals surface area contributed by atoms with Gasteiger partial charge in [0.15, 0.2) is 0 Å². The van der Waals surface area contributed by atoms with Gasteiger partial charge in [-0.1, -0.05) is 13.8 Å². The molecule has 0 aromatic carbocycles. The van der Waals surface area contributed by atoms with Crippen LogP contribution in [0.3, 0.4) is 0 Å². The third-order valence-corrected chi connectivity index (χ3v) is 4.41. The first-order chi connectivity index (χ1) is 11.5. The van der Waals surface area contributed by atoms with E-state index in [2.05, 4.69) is 4.98 Å². The number of nitro groups is 1. The van der Waals surface area contributed by atoms with E-state index >= 15 is 0 Å². The zero-order chi connectivity index (χ0) is 17.7. The first-order valence-corrected chi connectivity index (χ1v) is 8.10. The number of carbonyl (C=O) groups excluding carboxylic acids is 1. The van der Waals surface area contributed by atoms with Gasteiger partial charge in [-0.05, 0) is 12.8 Å². The van der Waals surface area contributed by atoms with Crippen LogP contribution in [0.25, 0.3) is 0 Å². The fourth-order valence-corrected chi connectivity index (χ4v) is 2.92. The molecule has 1 aliphatic rings. The standard InChI is InChI=1S/C16H21N5O3/c1-3-12(4-2)16(22)20-7-5-19(6-8-20)15-13(10-17)9-14(11-18-15)21(23)24/h9,11-12H,3-8H2,1-2H3. The number of carbonyl (C=O) groups is 1. The Morgan fingerprint density at radius 2 is 2.00 bits per heavy atom. The molecule has 128 valence electrons. The molecule has 8 heteroatoms. The minimum absolute atomic E-state index is 0.0590. The lowest BCUT2D eigenvalue weighted by Gasteiger charge is -2.37. The van der Waals surface area contributed by atoms with Gasteiger partial charge in [-0.3, -0.25) is 14.9 Å². The van der Waals surface area contributed by atoms with Crippen molar-refractivity contribution in [1.82, 2.24) is 9.88 Å². The van der Waals surface area contributed by atoms with Crippen molar-refractivity contribution in [2.24, 2.45) is 5.92 Å². The Balaban J connectivity index is 2.09. The highest BCUT2D eigenvalue weighted by atomic mass is 16.6. The fraction of sp³-hybridized carbons (Fsp3) is 0.562. The Kier molecular flexibility index (Phi) is 5.68. The minimum atomic E-state index is -0.566. The van der Waals surface area contributed by atoms with Crippen molar-refractivity contribution >= 4 is 17.4 Å². The molecule has 0 atom stereocenters. The Morgan fingerprint density at radius 1 is 1.38 bits per heavy atom. The molecule has 0 N–H and O–H groups in total. The van der Waals surface area contributed by atoms with E-state index in [1.165, 1.54) is 6.07 Å². The molecule has 0 saturated carbocycles. The van der Waals surface area contributed by atoms with Gasteiger partial charge in [0.25, 0.3) is 5.69 Å². The molecule has 1 aliphatic heterocycles. The van der Waals surface area contributed by atoms with Gasteiger partial charge in [0.1, 0.15) is 23.6 Å². The van der Waals surface area contributed by atoms with Crippen LogP contribution in [-0.4, -0.2) is 46.9 Å². The number of hydrogen-bond acceptors (Lipinski definition) is 6. The minimum Gasteiger partial charge on any atom is -0.352 e. The van der Waals surface area contributed by atoms with Gasteiger partial charge < -0.3 is 9.80 Å². The highest BCUT2D eigenvalue weighted by molar-refractivity contribution is 5.79. The van der Waals surface area contributed by atoms with Crippen LogP contribution in [0.15, 0.2) is 12.3 Å². The summed E-state index contributed by atoms with van der Waals surface area (Å²) in [5.74, 6) is 0.679. The molecular formula is C16H21N5O3. The lowest BCUT2D eigenvalue weighted by Crippen LogP contribution is -2.50. The molecule has 0 radical (unpaired) electrons. The molecule has 8 nitrogen and oxygen atoms in total. The summed E-state index contributed by atoms with van der Waals surface area (Å²) in [6, 6.07) is 3.21. The first-order valence-electron chi connectivity index (χ1n) is 8.10. The summed E-state index contributed by atoms with van der Waals surface area (Å²) in [4.78, 5) is 30.5. The SMILES string of the molecule is CCC(CC)C(=O)N1CCN(c2ncc([N+](=O)[O-])cc2C#N)CC1. The first kappa shape index (κ1) is 17.7. The van der Waals surface area contributed by atoms with Crippen LogP contribution in [0.1, 0.15) is 32.3 Å². The van der Waals surface area contributed by atoms with E-state index in [-0.39, 0.29) is 23.1 Å². The monoisotopic (exact) mass is 331 g/mol. The van der Waals surface area contributed by atoms with E-state index in [1.807, 2.05) is 29.7 Å². The van der Waals surface area contributed by atoms with Crippen LogP contribution in [0, 0.1) is 27.4 Å². The maximum Gasteiger partial charge on any atom is 0.289 e. The van der Waals surface area contributed by atoms with Crippen LogP contribution in [0.4, 0.5) is 11.5 Å². The van der Waals surface area contributed by atoms with E-state index < -0.39 is 4.92 Å². The maximum atomic E-state index is 12.4. The Hall–Kier alpha value is -2.69. The van der Waals surface area contributed by atoms with Crippen molar-refractivity contribution < 1.29 is 9.72 Å². The number of aromatic nitrogens is 1. The Bertz CT molecular complexity index is 658. The quantitative estimate of drug-likeness (QED) is 0.603. The summed E-state index contributed by atoms with van der Waals surface area (Å²) in [6.45, 7) is 6.29. The molecule has 1 amide bonds. The lowest BCUT2D eigenvalue weighted by atomic mass is 10.0. The largest absolute Gasteiger partial charge is 0.352 e. The van der Waals surface area contributed by atoms with E-state index in [4.69, 9.17) is 0 Å². The van der Waals surface area contributed by atoms with Crippen molar-refractivity contribution in [2.45, 2.75) is 26.7 Å². The van der Waals surface area contributed by atoms with Gasteiger partial charge in [0, 0.05) is 38.2 Å². The molecule has 24 heavy (non-hydrogen) atoms. The second-order valence-corrected chi connectivity index (χ2v) is 5.76. The smallest absolute Gasteiger partial charge is 0.289 e. The lowest BCUT2D eigenvalue weighted by molar-refractivity contribution is -0.385. The van der Waals surface area contributed by atoms with Crippen molar-refractivity contribution in [3.8, 4) is 6.07 Å². The number of amides is 1. The van der Waals surface area contributed by atoms with Crippen LogP contribution in [-0.2, 0) is 4.79 Å². The summed E-state index contributed by atoms with van der Waals surface area (Å²) < 4.78 is 0. The molecule has 1 aromatic heterocycles. The molecule has 0 spiro atoms. The summed E-state index contributed by atoms with van der Waals surface area (Å²) >= 11 is 0. The average molecular weight is 331 g/mol. The fourth-order valence-electron chi connectivity index (χ4n) is 2.92. The predicted molar refractivity (Wildman–Crippen MR) is 88.5 cm³/mol. The van der Waals surface area contributed by atoms with Gasteiger partial charge in [-0.25, -0.2) is 4.98 Å². The number of rotatable bonds is 5. The van der Waals surface area contributed by atoms with Crippen molar-refractivity contribution in [1.29, 1.82) is 5.26 Å². The molecular weight excluding hydrogens is 310 g/mol. The normalized spacial score (nSPS) is 14.6. The number of anilines is 1. The van der Waals surface area contributed by atoms with E-state index in [1.54, 1.807) is 0 Å². The second kappa shape index (κ2) is 7.73. The number of pyridine rings is 1. The number of nitriles is 1. The summed E-state index contributed by atoms with van der Waals surface area (Å²) in [5.41, 5.74) is -0.0122. The van der Waals surface area contributed by atoms with E-state index in [0.29, 0.717) is 32.0 Å². The average Bonchev–Trinajstić information content (AvgIpc) is 2.62. The van der Waals surface area contributed by atoms with E-state index in [0.717, 1.165) is 19.0 Å².